The van der Waals surface area contributed by atoms with Gasteiger partial charge in [0.1, 0.15) is 6.04 Å². The van der Waals surface area contributed by atoms with Crippen molar-refractivity contribution in [3.05, 3.63) is 65.7 Å². The Labute approximate surface area is 184 Å². The average Bonchev–Trinajstić information content (AvgIpc) is 2.79. The lowest BCUT2D eigenvalue weighted by molar-refractivity contribution is 0.0557. The van der Waals surface area contributed by atoms with Gasteiger partial charge >= 0.3 is 0 Å². The lowest BCUT2D eigenvalue weighted by atomic mass is 9.78. The van der Waals surface area contributed by atoms with Crippen LogP contribution < -0.4 is 0 Å². The quantitative estimate of drug-likeness (QED) is 0.745. The summed E-state index contributed by atoms with van der Waals surface area (Å²) in [4.78, 5) is 0.125. The third-order valence-corrected chi connectivity index (χ3v) is 8.24. The highest BCUT2D eigenvalue weighted by molar-refractivity contribution is 7.89. The molecule has 0 aromatic heterocycles. The van der Waals surface area contributed by atoms with Crippen molar-refractivity contribution in [2.75, 3.05) is 6.61 Å². The van der Waals surface area contributed by atoms with Crippen molar-refractivity contribution in [3.63, 3.8) is 0 Å². The molecule has 3 atom stereocenters. The molecule has 0 spiro atoms. The zero-order valence-electron chi connectivity index (χ0n) is 17.3. The standard InChI is InChI=1S/C25H26N2O3S/c26-17-23-25(24(18-28)27(23)31(29,30)22-9-5-2-6-10-22)21-15-13-20(14-16-21)12-11-19-7-3-1-4-8-19/h2,5-6,9-10,13-16,19,23-25,28H,1,3-4,7-8,18H2/t23-,24+,25-/m1/s1. The van der Waals surface area contributed by atoms with E-state index in [9.17, 15) is 18.8 Å². The van der Waals surface area contributed by atoms with Gasteiger partial charge in [-0.1, -0.05) is 61.4 Å². The molecule has 5 nitrogen and oxygen atoms in total. The van der Waals surface area contributed by atoms with Crippen LogP contribution in [0.1, 0.15) is 49.1 Å². The summed E-state index contributed by atoms with van der Waals surface area (Å²) in [5, 5.41) is 19.7. The van der Waals surface area contributed by atoms with Crippen LogP contribution in [0.15, 0.2) is 59.5 Å². The van der Waals surface area contributed by atoms with Crippen LogP contribution in [0.5, 0.6) is 0 Å². The second-order valence-electron chi connectivity index (χ2n) is 8.22. The van der Waals surface area contributed by atoms with Gasteiger partial charge in [0.05, 0.1) is 23.6 Å². The Balaban J connectivity index is 1.54. The van der Waals surface area contributed by atoms with E-state index in [-0.39, 0.29) is 17.4 Å². The Kier molecular flexibility index (Phi) is 6.43. The third kappa shape index (κ3) is 4.25. The van der Waals surface area contributed by atoms with Crippen LogP contribution in [0.2, 0.25) is 0 Å². The van der Waals surface area contributed by atoms with Gasteiger partial charge in [0.15, 0.2) is 0 Å². The van der Waals surface area contributed by atoms with Crippen molar-refractivity contribution in [1.29, 1.82) is 5.26 Å². The summed E-state index contributed by atoms with van der Waals surface area (Å²) < 4.78 is 27.3. The normalized spacial score (nSPS) is 24.5. The van der Waals surface area contributed by atoms with Gasteiger partial charge in [0, 0.05) is 17.4 Å². The van der Waals surface area contributed by atoms with Gasteiger partial charge in [-0.3, -0.25) is 0 Å². The maximum Gasteiger partial charge on any atom is 0.244 e. The summed E-state index contributed by atoms with van der Waals surface area (Å²) >= 11 is 0. The summed E-state index contributed by atoms with van der Waals surface area (Å²) in [6, 6.07) is 16.3. The largest absolute Gasteiger partial charge is 0.395 e. The highest BCUT2D eigenvalue weighted by Crippen LogP contribution is 2.43. The van der Waals surface area contributed by atoms with Crippen LogP contribution in [0.4, 0.5) is 0 Å². The fraction of sp³-hybridized carbons (Fsp3) is 0.400. The Morgan fingerprint density at radius 1 is 1.00 bits per heavy atom. The van der Waals surface area contributed by atoms with Gasteiger partial charge in [-0.15, -0.1) is 0 Å². The first-order valence-electron chi connectivity index (χ1n) is 10.8. The van der Waals surface area contributed by atoms with Crippen molar-refractivity contribution in [2.24, 2.45) is 5.92 Å². The van der Waals surface area contributed by atoms with E-state index >= 15 is 0 Å². The summed E-state index contributed by atoms with van der Waals surface area (Å²) in [6.45, 7) is -0.349. The van der Waals surface area contributed by atoms with Gasteiger partial charge < -0.3 is 5.11 Å². The highest BCUT2D eigenvalue weighted by atomic mass is 32.2. The number of aliphatic hydroxyl groups excluding tert-OH is 1. The smallest absolute Gasteiger partial charge is 0.244 e. The molecule has 31 heavy (non-hydrogen) atoms. The molecule has 160 valence electrons. The van der Waals surface area contributed by atoms with Crippen molar-refractivity contribution in [3.8, 4) is 17.9 Å². The minimum Gasteiger partial charge on any atom is -0.395 e. The Morgan fingerprint density at radius 2 is 1.68 bits per heavy atom. The Morgan fingerprint density at radius 3 is 2.29 bits per heavy atom. The second-order valence-corrected chi connectivity index (χ2v) is 10.1. The number of sulfonamides is 1. The lowest BCUT2D eigenvalue weighted by Gasteiger charge is -2.50. The van der Waals surface area contributed by atoms with Gasteiger partial charge in [-0.05, 0) is 42.7 Å². The molecule has 1 N–H and O–H groups in total. The number of benzene rings is 2. The fourth-order valence-electron chi connectivity index (χ4n) is 4.63. The van der Waals surface area contributed by atoms with E-state index in [1.165, 1.54) is 44.2 Å². The van der Waals surface area contributed by atoms with Crippen molar-refractivity contribution < 1.29 is 13.5 Å². The molecule has 1 aliphatic heterocycles. The van der Waals surface area contributed by atoms with Gasteiger partial charge in [-0.25, -0.2) is 8.42 Å². The van der Waals surface area contributed by atoms with Gasteiger partial charge in [-0.2, -0.15) is 9.57 Å². The van der Waals surface area contributed by atoms with Crippen LogP contribution in [0.3, 0.4) is 0 Å². The molecule has 2 aromatic carbocycles. The maximum absolute atomic E-state index is 13.1. The zero-order chi connectivity index (χ0) is 21.8. The molecule has 0 radical (unpaired) electrons. The van der Waals surface area contributed by atoms with E-state index < -0.39 is 22.1 Å². The zero-order valence-corrected chi connectivity index (χ0v) is 18.1. The SMILES string of the molecule is N#C[C@@H]1[C@@H](c2ccc(C#CC3CCCCC3)cc2)[C@H](CO)N1S(=O)(=O)c1ccccc1. The van der Waals surface area contributed by atoms with Gasteiger partial charge in [0.25, 0.3) is 0 Å². The number of hydrogen-bond donors (Lipinski definition) is 1. The molecule has 2 aliphatic rings. The van der Waals surface area contributed by atoms with Crippen LogP contribution in [0.25, 0.3) is 0 Å². The van der Waals surface area contributed by atoms with E-state index in [1.807, 2.05) is 24.3 Å². The van der Waals surface area contributed by atoms with E-state index in [0.717, 1.165) is 15.4 Å². The molecule has 0 unspecified atom stereocenters. The van der Waals surface area contributed by atoms with Crippen molar-refractivity contribution in [2.45, 2.75) is 55.0 Å². The monoisotopic (exact) mass is 434 g/mol. The van der Waals surface area contributed by atoms with Crippen LogP contribution >= 0.6 is 0 Å². The molecule has 4 rings (SSSR count). The molecule has 1 heterocycles. The van der Waals surface area contributed by atoms with E-state index in [0.29, 0.717) is 5.92 Å². The first-order chi connectivity index (χ1) is 15.1. The first kappa shape index (κ1) is 21.6. The molecule has 1 aliphatic carbocycles. The summed E-state index contributed by atoms with van der Waals surface area (Å²) in [5.74, 6) is 6.71. The summed E-state index contributed by atoms with van der Waals surface area (Å²) in [6.07, 6.45) is 6.14. The molecular formula is C25H26N2O3S. The van der Waals surface area contributed by atoms with E-state index in [1.54, 1.807) is 18.2 Å². The van der Waals surface area contributed by atoms with E-state index in [4.69, 9.17) is 0 Å². The minimum absolute atomic E-state index is 0.125. The molecular weight excluding hydrogens is 408 g/mol. The topological polar surface area (TPSA) is 81.4 Å². The Bertz CT molecular complexity index is 1110. The second kappa shape index (κ2) is 9.24. The molecule has 1 saturated heterocycles. The predicted molar refractivity (Wildman–Crippen MR) is 118 cm³/mol. The van der Waals surface area contributed by atoms with Crippen molar-refractivity contribution in [1.82, 2.24) is 4.31 Å². The van der Waals surface area contributed by atoms with Crippen molar-refractivity contribution >= 4 is 10.0 Å². The van der Waals surface area contributed by atoms with Crippen LogP contribution in [0, 0.1) is 29.1 Å². The Hall–Kier alpha value is -2.64. The average molecular weight is 435 g/mol. The first-order valence-corrected chi connectivity index (χ1v) is 12.2. The van der Waals surface area contributed by atoms with Crippen LogP contribution in [-0.4, -0.2) is 36.5 Å². The number of hydrogen-bond acceptors (Lipinski definition) is 4. The number of nitriles is 1. The molecule has 0 amide bonds. The summed E-state index contributed by atoms with van der Waals surface area (Å²) in [7, 11) is -3.87. The molecule has 2 fully saturated rings. The molecule has 0 bridgehead atoms. The predicted octanol–water partition coefficient (Wildman–Crippen LogP) is 3.66. The fourth-order valence-corrected chi connectivity index (χ4v) is 6.41. The lowest BCUT2D eigenvalue weighted by Crippen LogP contribution is -2.64. The van der Waals surface area contributed by atoms with E-state index in [2.05, 4.69) is 17.9 Å². The molecule has 6 heteroatoms. The number of aliphatic hydroxyl groups is 1. The van der Waals surface area contributed by atoms with Crippen LogP contribution in [-0.2, 0) is 10.0 Å². The summed E-state index contributed by atoms with van der Waals surface area (Å²) in [5.41, 5.74) is 1.75. The number of rotatable bonds is 4. The number of nitrogens with zero attached hydrogens (tertiary/aromatic N) is 2. The van der Waals surface area contributed by atoms with Gasteiger partial charge in [0.2, 0.25) is 10.0 Å². The highest BCUT2D eigenvalue weighted by Gasteiger charge is 2.55. The molecule has 2 aromatic rings. The molecule has 1 saturated carbocycles. The third-order valence-electron chi connectivity index (χ3n) is 6.32. The minimum atomic E-state index is -3.87. The maximum atomic E-state index is 13.1.